The van der Waals surface area contributed by atoms with E-state index >= 15 is 0 Å². The summed E-state index contributed by atoms with van der Waals surface area (Å²) in [6, 6.07) is 7.07. The van der Waals surface area contributed by atoms with Crippen LogP contribution < -0.4 is 11.1 Å². The Morgan fingerprint density at radius 1 is 1.50 bits per heavy atom. The normalized spacial score (nSPS) is 10.1. The number of nitrogens with two attached hydrogens (primary N) is 1. The van der Waals surface area contributed by atoms with Gasteiger partial charge in [-0.3, -0.25) is 4.79 Å². The maximum Gasteiger partial charge on any atom is 0.250 e. The van der Waals surface area contributed by atoms with Gasteiger partial charge in [-0.15, -0.1) is 0 Å². The summed E-state index contributed by atoms with van der Waals surface area (Å²) in [5, 5.41) is 2.72. The number of hydrogen-bond donors (Lipinski definition) is 2. The zero-order valence-corrected chi connectivity index (χ0v) is 9.53. The van der Waals surface area contributed by atoms with Crippen LogP contribution in [0.1, 0.15) is 19.8 Å². The molecule has 3 N–H and O–H groups in total. The second-order valence-electron chi connectivity index (χ2n) is 3.58. The number of carbonyl (C=O) groups excluding carboxylic acids is 1. The highest BCUT2D eigenvalue weighted by Gasteiger charge is 2.01. The van der Waals surface area contributed by atoms with Gasteiger partial charge in [-0.05, 0) is 24.6 Å². The lowest BCUT2D eigenvalue weighted by atomic mass is 10.3. The molecule has 0 heterocycles. The van der Waals surface area contributed by atoms with E-state index in [4.69, 9.17) is 10.5 Å². The maximum atomic E-state index is 11.4. The minimum atomic E-state index is -0.151. The van der Waals surface area contributed by atoms with Crippen LogP contribution in [0.4, 0.5) is 11.4 Å². The van der Waals surface area contributed by atoms with E-state index in [0.29, 0.717) is 18.0 Å². The lowest BCUT2D eigenvalue weighted by Crippen LogP contribution is -2.18. The van der Waals surface area contributed by atoms with Gasteiger partial charge in [0, 0.05) is 18.0 Å². The minimum Gasteiger partial charge on any atom is -0.399 e. The van der Waals surface area contributed by atoms with Crippen LogP contribution in [0.2, 0.25) is 0 Å². The van der Waals surface area contributed by atoms with Crippen LogP contribution in [-0.2, 0) is 9.53 Å². The van der Waals surface area contributed by atoms with Crippen LogP contribution in [0.5, 0.6) is 0 Å². The predicted octanol–water partition coefficient (Wildman–Crippen LogP) is 2.02. The first-order chi connectivity index (χ1) is 7.72. The number of amides is 1. The molecule has 0 unspecified atom stereocenters. The largest absolute Gasteiger partial charge is 0.399 e. The molecular formula is C12H18N2O2. The smallest absolute Gasteiger partial charge is 0.250 e. The van der Waals surface area contributed by atoms with Crippen molar-refractivity contribution in [1.82, 2.24) is 0 Å². The van der Waals surface area contributed by atoms with Crippen LogP contribution in [0.3, 0.4) is 0 Å². The molecule has 0 fully saturated rings. The molecule has 0 aliphatic rings. The molecule has 0 aliphatic heterocycles. The van der Waals surface area contributed by atoms with Crippen LogP contribution in [0.15, 0.2) is 24.3 Å². The first-order valence-electron chi connectivity index (χ1n) is 5.45. The topological polar surface area (TPSA) is 64.3 Å². The number of anilines is 2. The number of carbonyl (C=O) groups is 1. The Hall–Kier alpha value is -1.55. The van der Waals surface area contributed by atoms with Crippen LogP contribution in [0.25, 0.3) is 0 Å². The molecule has 4 heteroatoms. The van der Waals surface area contributed by atoms with Gasteiger partial charge in [0.05, 0.1) is 0 Å². The maximum absolute atomic E-state index is 11.4. The molecule has 0 saturated heterocycles. The van der Waals surface area contributed by atoms with E-state index in [1.165, 1.54) is 0 Å². The highest BCUT2D eigenvalue weighted by Crippen LogP contribution is 2.11. The third-order valence-electron chi connectivity index (χ3n) is 2.05. The number of nitrogens with one attached hydrogen (secondary N) is 1. The molecule has 0 atom stereocenters. The van der Waals surface area contributed by atoms with Crippen molar-refractivity contribution < 1.29 is 9.53 Å². The van der Waals surface area contributed by atoms with Gasteiger partial charge < -0.3 is 15.8 Å². The van der Waals surface area contributed by atoms with Gasteiger partial charge >= 0.3 is 0 Å². The van der Waals surface area contributed by atoms with E-state index in [0.717, 1.165) is 12.8 Å². The van der Waals surface area contributed by atoms with E-state index in [2.05, 4.69) is 12.2 Å². The Morgan fingerprint density at radius 2 is 2.31 bits per heavy atom. The molecule has 0 radical (unpaired) electrons. The summed E-state index contributed by atoms with van der Waals surface area (Å²) in [4.78, 5) is 11.4. The van der Waals surface area contributed by atoms with Gasteiger partial charge in [0.15, 0.2) is 0 Å². The molecule has 4 nitrogen and oxygen atoms in total. The second kappa shape index (κ2) is 6.85. The molecule has 0 spiro atoms. The van der Waals surface area contributed by atoms with Crippen molar-refractivity contribution in [3.05, 3.63) is 24.3 Å². The summed E-state index contributed by atoms with van der Waals surface area (Å²) < 4.78 is 5.19. The number of rotatable bonds is 6. The summed E-state index contributed by atoms with van der Waals surface area (Å²) >= 11 is 0. The molecule has 1 amide bonds. The first kappa shape index (κ1) is 12.5. The Kier molecular flexibility index (Phi) is 5.36. The van der Waals surface area contributed by atoms with Crippen LogP contribution in [0, 0.1) is 0 Å². The third-order valence-corrected chi connectivity index (χ3v) is 2.05. The average Bonchev–Trinajstić information content (AvgIpc) is 2.24. The first-order valence-corrected chi connectivity index (χ1v) is 5.45. The van der Waals surface area contributed by atoms with Crippen molar-refractivity contribution in [1.29, 1.82) is 0 Å². The van der Waals surface area contributed by atoms with Gasteiger partial charge in [-0.25, -0.2) is 0 Å². The summed E-state index contributed by atoms with van der Waals surface area (Å²) in [5.74, 6) is -0.151. The van der Waals surface area contributed by atoms with Crippen molar-refractivity contribution >= 4 is 17.3 Å². The number of hydrogen-bond acceptors (Lipinski definition) is 3. The fraction of sp³-hybridized carbons (Fsp3) is 0.417. The van der Waals surface area contributed by atoms with Crippen LogP contribution in [-0.4, -0.2) is 19.1 Å². The van der Waals surface area contributed by atoms with Crippen molar-refractivity contribution in [2.24, 2.45) is 0 Å². The molecule has 1 aromatic carbocycles. The number of ether oxygens (including phenoxy) is 1. The Morgan fingerprint density at radius 3 is 3.00 bits per heavy atom. The van der Waals surface area contributed by atoms with Crippen molar-refractivity contribution in [3.63, 3.8) is 0 Å². The highest BCUT2D eigenvalue weighted by atomic mass is 16.5. The molecule has 0 bridgehead atoms. The van der Waals surface area contributed by atoms with Gasteiger partial charge in [0.25, 0.3) is 0 Å². The van der Waals surface area contributed by atoms with E-state index < -0.39 is 0 Å². The van der Waals surface area contributed by atoms with Crippen molar-refractivity contribution in [3.8, 4) is 0 Å². The molecule has 1 aromatic rings. The van der Waals surface area contributed by atoms with E-state index in [1.54, 1.807) is 24.3 Å². The molecule has 0 aliphatic carbocycles. The SMILES string of the molecule is CCCCOCC(=O)Nc1cccc(N)c1. The molecule has 0 aromatic heterocycles. The lowest BCUT2D eigenvalue weighted by Gasteiger charge is -2.06. The Labute approximate surface area is 95.8 Å². The van der Waals surface area contributed by atoms with Crippen LogP contribution >= 0.6 is 0 Å². The van der Waals surface area contributed by atoms with E-state index in [9.17, 15) is 4.79 Å². The zero-order chi connectivity index (χ0) is 11.8. The van der Waals surface area contributed by atoms with Gasteiger partial charge in [0.1, 0.15) is 6.61 Å². The molecule has 1 rings (SSSR count). The van der Waals surface area contributed by atoms with E-state index in [1.807, 2.05) is 0 Å². The summed E-state index contributed by atoms with van der Waals surface area (Å²) in [6.07, 6.45) is 2.04. The average molecular weight is 222 g/mol. The van der Waals surface area contributed by atoms with Gasteiger partial charge in [-0.2, -0.15) is 0 Å². The predicted molar refractivity (Wildman–Crippen MR) is 65.2 cm³/mol. The quantitative estimate of drug-likeness (QED) is 0.571. The molecule has 0 saturated carbocycles. The van der Waals surface area contributed by atoms with Crippen molar-refractivity contribution in [2.75, 3.05) is 24.3 Å². The summed E-state index contributed by atoms with van der Waals surface area (Å²) in [7, 11) is 0. The van der Waals surface area contributed by atoms with E-state index in [-0.39, 0.29) is 12.5 Å². The molecule has 88 valence electrons. The second-order valence-corrected chi connectivity index (χ2v) is 3.58. The Bertz CT molecular complexity index is 340. The van der Waals surface area contributed by atoms with Crippen molar-refractivity contribution in [2.45, 2.75) is 19.8 Å². The monoisotopic (exact) mass is 222 g/mol. The zero-order valence-electron chi connectivity index (χ0n) is 9.53. The van der Waals surface area contributed by atoms with Gasteiger partial charge in [-0.1, -0.05) is 19.4 Å². The van der Waals surface area contributed by atoms with Gasteiger partial charge in [0.2, 0.25) is 5.91 Å². The third kappa shape index (κ3) is 4.79. The summed E-state index contributed by atoms with van der Waals surface area (Å²) in [5.41, 5.74) is 6.92. The fourth-order valence-corrected chi connectivity index (χ4v) is 1.22. The highest BCUT2D eigenvalue weighted by molar-refractivity contribution is 5.92. The molecular weight excluding hydrogens is 204 g/mol. The standard InChI is InChI=1S/C12H18N2O2/c1-2-3-7-16-9-12(15)14-11-6-4-5-10(13)8-11/h4-6,8H,2-3,7,9,13H2,1H3,(H,14,15). The lowest BCUT2D eigenvalue weighted by molar-refractivity contribution is -0.120. The minimum absolute atomic E-state index is 0.0921. The number of unbranched alkanes of at least 4 members (excludes halogenated alkanes) is 1. The fourth-order valence-electron chi connectivity index (χ4n) is 1.22. The number of benzene rings is 1. The summed E-state index contributed by atoms with van der Waals surface area (Å²) in [6.45, 7) is 2.80. The Balaban J connectivity index is 2.29. The number of nitrogen functional groups attached to an aromatic ring is 1. The molecule has 16 heavy (non-hydrogen) atoms.